The predicted octanol–water partition coefficient (Wildman–Crippen LogP) is 0.377. The summed E-state index contributed by atoms with van der Waals surface area (Å²) in [5, 5.41) is 20.4. The van der Waals surface area contributed by atoms with Crippen LogP contribution in [-0.4, -0.2) is 82.5 Å². The molecule has 0 aliphatic heterocycles. The van der Waals surface area contributed by atoms with E-state index in [0.29, 0.717) is 6.54 Å². The van der Waals surface area contributed by atoms with Crippen LogP contribution >= 0.6 is 7.75 Å². The number of carbonyl (C=O) groups excluding carboxylic acids is 1. The van der Waals surface area contributed by atoms with Crippen molar-refractivity contribution >= 4 is 25.7 Å². The number of benzene rings is 1. The van der Waals surface area contributed by atoms with E-state index < -0.39 is 38.4 Å². The lowest BCUT2D eigenvalue weighted by Crippen LogP contribution is -2.41. The van der Waals surface area contributed by atoms with Gasteiger partial charge in [0.1, 0.15) is 6.04 Å². The Morgan fingerprint density at radius 2 is 1.77 bits per heavy atom. The molecule has 2 amide bonds. The van der Waals surface area contributed by atoms with Crippen molar-refractivity contribution in [2.24, 2.45) is 5.73 Å². The van der Waals surface area contributed by atoms with Gasteiger partial charge in [0.15, 0.2) is 0 Å². The number of aliphatic carboxylic acids is 1. The Balaban J connectivity index is 2.58. The molecule has 1 aromatic rings. The fourth-order valence-corrected chi connectivity index (χ4v) is 3.08. The molecule has 0 bridgehead atoms. The number of hydrogen-bond acceptors (Lipinski definition) is 6. The number of rotatable bonds is 12. The second kappa shape index (κ2) is 11.6. The van der Waals surface area contributed by atoms with Gasteiger partial charge in [0, 0.05) is 38.7 Å². The first-order valence-corrected chi connectivity index (χ1v) is 10.5. The van der Waals surface area contributed by atoms with Gasteiger partial charge in [0.25, 0.3) is 5.91 Å². The van der Waals surface area contributed by atoms with Crippen LogP contribution < -0.4 is 11.1 Å². The molecule has 0 aliphatic rings. The molecular formula is C17H27N4O8P. The molecule has 12 nitrogen and oxygen atoms in total. The Labute approximate surface area is 173 Å². The van der Waals surface area contributed by atoms with Crippen molar-refractivity contribution in [3.05, 3.63) is 35.4 Å². The maximum atomic E-state index is 12.2. The molecule has 30 heavy (non-hydrogen) atoms. The van der Waals surface area contributed by atoms with E-state index in [-0.39, 0.29) is 25.1 Å². The minimum Gasteiger partial charge on any atom is -0.480 e. The van der Waals surface area contributed by atoms with Crippen LogP contribution in [0.3, 0.4) is 0 Å². The highest BCUT2D eigenvalue weighted by Crippen LogP contribution is 2.44. The van der Waals surface area contributed by atoms with Crippen molar-refractivity contribution < 1.29 is 38.6 Å². The fraction of sp³-hybridized carbons (Fsp3) is 0.471. The van der Waals surface area contributed by atoms with Gasteiger partial charge in [0.2, 0.25) is 0 Å². The zero-order chi connectivity index (χ0) is 22.9. The molecule has 0 aliphatic carbocycles. The van der Waals surface area contributed by atoms with Crippen molar-refractivity contribution in [3.8, 4) is 0 Å². The van der Waals surface area contributed by atoms with Crippen LogP contribution in [-0.2, 0) is 20.4 Å². The zero-order valence-electron chi connectivity index (χ0n) is 16.7. The SMILES string of the molecule is CN(CCN(C)P(=O)(O)OCCC(NC(=O)c1ccc(CN)cc1)C(=O)O)C(=O)O. The Morgan fingerprint density at radius 1 is 1.17 bits per heavy atom. The second-order valence-corrected chi connectivity index (χ2v) is 8.39. The molecule has 2 atom stereocenters. The fourth-order valence-electron chi connectivity index (χ4n) is 2.20. The van der Waals surface area contributed by atoms with E-state index in [1.54, 1.807) is 12.1 Å². The first-order valence-electron chi connectivity index (χ1n) is 8.93. The third-order valence-electron chi connectivity index (χ3n) is 4.24. The van der Waals surface area contributed by atoms with Gasteiger partial charge in [0.05, 0.1) is 6.61 Å². The van der Waals surface area contributed by atoms with E-state index >= 15 is 0 Å². The molecule has 0 radical (unpaired) electrons. The number of carboxylic acids is 1. The molecule has 168 valence electrons. The number of nitrogens with one attached hydrogen (secondary N) is 1. The van der Waals surface area contributed by atoms with Gasteiger partial charge in [-0.1, -0.05) is 12.1 Å². The monoisotopic (exact) mass is 446 g/mol. The summed E-state index contributed by atoms with van der Waals surface area (Å²) >= 11 is 0. The highest BCUT2D eigenvalue weighted by Gasteiger charge is 2.28. The molecule has 0 saturated heterocycles. The topological polar surface area (TPSA) is 183 Å². The van der Waals surface area contributed by atoms with Crippen molar-refractivity contribution in [3.63, 3.8) is 0 Å². The molecule has 0 fully saturated rings. The summed E-state index contributed by atoms with van der Waals surface area (Å²) in [7, 11) is -1.68. The molecule has 2 unspecified atom stereocenters. The van der Waals surface area contributed by atoms with E-state index in [1.807, 2.05) is 0 Å². The van der Waals surface area contributed by atoms with E-state index in [1.165, 1.54) is 26.2 Å². The molecular weight excluding hydrogens is 419 g/mol. The highest BCUT2D eigenvalue weighted by atomic mass is 31.2. The Bertz CT molecular complexity index is 788. The first-order chi connectivity index (χ1) is 14.0. The van der Waals surface area contributed by atoms with Gasteiger partial charge < -0.3 is 31.1 Å². The van der Waals surface area contributed by atoms with Crippen LogP contribution in [0.2, 0.25) is 0 Å². The number of carboxylic acid groups (broad SMARTS) is 2. The number of carbonyl (C=O) groups is 3. The van der Waals surface area contributed by atoms with Crippen LogP contribution in [0.1, 0.15) is 22.3 Å². The lowest BCUT2D eigenvalue weighted by molar-refractivity contribution is -0.139. The zero-order valence-corrected chi connectivity index (χ0v) is 17.6. The maximum Gasteiger partial charge on any atom is 0.407 e. The molecule has 13 heteroatoms. The molecule has 1 rings (SSSR count). The Hall–Kier alpha value is -2.50. The lowest BCUT2D eigenvalue weighted by atomic mass is 10.1. The number of nitrogens with two attached hydrogens (primary N) is 1. The molecule has 1 aromatic carbocycles. The van der Waals surface area contributed by atoms with Gasteiger partial charge in [-0.05, 0) is 24.7 Å². The summed E-state index contributed by atoms with van der Waals surface area (Å²) in [5.41, 5.74) is 6.54. The summed E-state index contributed by atoms with van der Waals surface area (Å²) < 4.78 is 18.1. The third-order valence-corrected chi connectivity index (χ3v) is 5.82. The van der Waals surface area contributed by atoms with Gasteiger partial charge >= 0.3 is 19.8 Å². The first kappa shape index (κ1) is 25.5. The largest absolute Gasteiger partial charge is 0.480 e. The average Bonchev–Trinajstić information content (AvgIpc) is 2.70. The van der Waals surface area contributed by atoms with Crippen LogP contribution in [0.25, 0.3) is 0 Å². The van der Waals surface area contributed by atoms with Gasteiger partial charge in [-0.15, -0.1) is 0 Å². The quantitative estimate of drug-likeness (QED) is 0.281. The molecule has 6 N–H and O–H groups in total. The highest BCUT2D eigenvalue weighted by molar-refractivity contribution is 7.50. The molecule has 0 saturated carbocycles. The van der Waals surface area contributed by atoms with Gasteiger partial charge in [-0.25, -0.2) is 18.8 Å². The summed E-state index contributed by atoms with van der Waals surface area (Å²) in [6.45, 7) is -0.222. The lowest BCUT2D eigenvalue weighted by Gasteiger charge is -2.24. The van der Waals surface area contributed by atoms with Crippen LogP contribution in [0, 0.1) is 0 Å². The molecule has 0 heterocycles. The third kappa shape index (κ3) is 8.09. The van der Waals surface area contributed by atoms with E-state index in [4.69, 9.17) is 15.4 Å². The molecule has 0 aromatic heterocycles. The van der Waals surface area contributed by atoms with E-state index in [0.717, 1.165) is 15.1 Å². The van der Waals surface area contributed by atoms with Gasteiger partial charge in [-0.2, -0.15) is 0 Å². The maximum absolute atomic E-state index is 12.2. The minimum absolute atomic E-state index is 0.0313. The van der Waals surface area contributed by atoms with E-state index in [2.05, 4.69) is 5.32 Å². The summed E-state index contributed by atoms with van der Waals surface area (Å²) in [6, 6.07) is 4.98. The average molecular weight is 446 g/mol. The second-order valence-electron chi connectivity index (χ2n) is 6.46. The van der Waals surface area contributed by atoms with Gasteiger partial charge in [-0.3, -0.25) is 9.32 Å². The van der Waals surface area contributed by atoms with Crippen molar-refractivity contribution in [1.29, 1.82) is 0 Å². The normalized spacial score (nSPS) is 14.0. The van der Waals surface area contributed by atoms with Crippen molar-refractivity contribution in [2.45, 2.75) is 19.0 Å². The standard InChI is InChI=1S/C17H27N4O8P/c1-20(17(25)26)8-9-21(2)30(27,28)29-10-7-14(16(23)24)19-15(22)13-5-3-12(11-18)4-6-13/h3-6,14H,7-11,18H2,1-2H3,(H,19,22)(H,23,24)(H,25,26)(H,27,28). The summed E-state index contributed by atoms with van der Waals surface area (Å²) in [6.07, 6.45) is -1.44. The number of nitrogens with zero attached hydrogens (tertiary/aromatic N) is 2. The van der Waals surface area contributed by atoms with Crippen molar-refractivity contribution in [1.82, 2.24) is 14.9 Å². The summed E-state index contributed by atoms with van der Waals surface area (Å²) in [4.78, 5) is 45.3. The van der Waals surface area contributed by atoms with E-state index in [9.17, 15) is 28.9 Å². The van der Waals surface area contributed by atoms with Crippen LogP contribution in [0.5, 0.6) is 0 Å². The van der Waals surface area contributed by atoms with Crippen LogP contribution in [0.15, 0.2) is 24.3 Å². The Morgan fingerprint density at radius 3 is 2.27 bits per heavy atom. The summed E-state index contributed by atoms with van der Waals surface area (Å²) in [5.74, 6) is -1.94. The number of hydrogen-bond donors (Lipinski definition) is 5. The predicted molar refractivity (Wildman–Crippen MR) is 107 cm³/mol. The van der Waals surface area contributed by atoms with Crippen LogP contribution in [0.4, 0.5) is 4.79 Å². The van der Waals surface area contributed by atoms with Crippen molar-refractivity contribution in [2.75, 3.05) is 33.8 Å². The molecule has 0 spiro atoms. The minimum atomic E-state index is -4.26. The Kier molecular flexibility index (Phi) is 9.90. The number of likely N-dealkylation sites (N-methyl/N-ethyl adjacent to an activating group) is 2. The number of amides is 2. The smallest absolute Gasteiger partial charge is 0.407 e.